The number of benzene rings is 2. The summed E-state index contributed by atoms with van der Waals surface area (Å²) in [5, 5.41) is 3.53. The maximum atomic E-state index is 12.1. The summed E-state index contributed by atoms with van der Waals surface area (Å²) >= 11 is 0. The lowest BCUT2D eigenvalue weighted by molar-refractivity contribution is 0.152. The van der Waals surface area contributed by atoms with Crippen LogP contribution in [0.5, 0.6) is 5.75 Å². The monoisotopic (exact) mass is 385 g/mol. The standard InChI is InChI=1S/C21H24FN3O3/c1-3-25-18-13-16(27-4-2)9-10-17(18)19(23)20(25)14-5-7-15(8-6-14)24-21(26)28-12-11-22/h5-10,13H,3-4,11-12,23H2,1-2H3,(H,24,26). The number of rotatable bonds is 7. The predicted octanol–water partition coefficient (Wildman–Crippen LogP) is 4.83. The second-order valence-corrected chi connectivity index (χ2v) is 6.15. The number of ether oxygens (including phenoxy) is 2. The van der Waals surface area contributed by atoms with Crippen molar-refractivity contribution in [3.63, 3.8) is 0 Å². The maximum absolute atomic E-state index is 12.1. The summed E-state index contributed by atoms with van der Waals surface area (Å²) in [5.41, 5.74) is 10.6. The number of aryl methyl sites for hydroxylation is 1. The first-order chi connectivity index (χ1) is 13.6. The molecule has 0 unspecified atom stereocenters. The van der Waals surface area contributed by atoms with E-state index in [0.29, 0.717) is 18.0 Å². The highest BCUT2D eigenvalue weighted by Gasteiger charge is 2.16. The van der Waals surface area contributed by atoms with Crippen LogP contribution >= 0.6 is 0 Å². The van der Waals surface area contributed by atoms with Gasteiger partial charge in [0.25, 0.3) is 0 Å². The van der Waals surface area contributed by atoms with E-state index in [2.05, 4.69) is 21.5 Å². The van der Waals surface area contributed by atoms with Crippen molar-refractivity contribution in [3.05, 3.63) is 42.5 Å². The molecule has 0 fully saturated rings. The summed E-state index contributed by atoms with van der Waals surface area (Å²) in [6.07, 6.45) is -0.684. The van der Waals surface area contributed by atoms with E-state index in [1.165, 1.54) is 0 Å². The zero-order valence-electron chi connectivity index (χ0n) is 16.0. The second-order valence-electron chi connectivity index (χ2n) is 6.15. The summed E-state index contributed by atoms with van der Waals surface area (Å²) in [5.74, 6) is 0.806. The summed E-state index contributed by atoms with van der Waals surface area (Å²) in [4.78, 5) is 11.5. The minimum atomic E-state index is -0.710. The highest BCUT2D eigenvalue weighted by molar-refractivity contribution is 6.01. The molecule has 1 amide bonds. The Kier molecular flexibility index (Phi) is 6.03. The zero-order valence-corrected chi connectivity index (χ0v) is 16.0. The van der Waals surface area contributed by atoms with E-state index in [1.54, 1.807) is 12.1 Å². The Balaban J connectivity index is 1.94. The van der Waals surface area contributed by atoms with Crippen molar-refractivity contribution in [1.82, 2.24) is 4.57 Å². The Morgan fingerprint density at radius 3 is 2.57 bits per heavy atom. The van der Waals surface area contributed by atoms with Crippen molar-refractivity contribution < 1.29 is 18.7 Å². The molecule has 0 atom stereocenters. The fraction of sp³-hybridized carbons (Fsp3) is 0.286. The van der Waals surface area contributed by atoms with Crippen LogP contribution in [0.4, 0.5) is 20.6 Å². The number of fused-ring (bicyclic) bond motifs is 1. The van der Waals surface area contributed by atoms with E-state index in [1.807, 2.05) is 37.3 Å². The van der Waals surface area contributed by atoms with E-state index in [4.69, 9.17) is 10.5 Å². The molecule has 148 valence electrons. The Bertz CT molecular complexity index is 967. The molecule has 0 aliphatic heterocycles. The molecule has 0 bridgehead atoms. The van der Waals surface area contributed by atoms with Crippen molar-refractivity contribution >= 4 is 28.4 Å². The van der Waals surface area contributed by atoms with Gasteiger partial charge in [0.2, 0.25) is 0 Å². The Morgan fingerprint density at radius 2 is 1.93 bits per heavy atom. The number of carbonyl (C=O) groups excluding carboxylic acids is 1. The van der Waals surface area contributed by atoms with Crippen molar-refractivity contribution in [2.45, 2.75) is 20.4 Å². The topological polar surface area (TPSA) is 78.5 Å². The number of nitrogen functional groups attached to an aromatic ring is 1. The molecule has 7 heteroatoms. The SMILES string of the molecule is CCOc1ccc2c(N)c(-c3ccc(NC(=O)OCCF)cc3)n(CC)c2c1. The van der Waals surface area contributed by atoms with Crippen molar-refractivity contribution in [1.29, 1.82) is 0 Å². The van der Waals surface area contributed by atoms with Crippen LogP contribution < -0.4 is 15.8 Å². The number of carbonyl (C=O) groups is 1. The van der Waals surface area contributed by atoms with Gasteiger partial charge in [-0.15, -0.1) is 0 Å². The Morgan fingerprint density at radius 1 is 1.18 bits per heavy atom. The summed E-state index contributed by atoms with van der Waals surface area (Å²) in [6.45, 7) is 4.38. The van der Waals surface area contributed by atoms with Crippen LogP contribution in [0.25, 0.3) is 22.2 Å². The molecule has 6 nitrogen and oxygen atoms in total. The van der Waals surface area contributed by atoms with Crippen LogP contribution in [0, 0.1) is 0 Å². The first-order valence-electron chi connectivity index (χ1n) is 9.23. The lowest BCUT2D eigenvalue weighted by Gasteiger charge is -2.11. The molecule has 3 N–H and O–H groups in total. The zero-order chi connectivity index (χ0) is 20.1. The summed E-state index contributed by atoms with van der Waals surface area (Å²) in [7, 11) is 0. The number of halogens is 1. The minimum Gasteiger partial charge on any atom is -0.494 e. The highest BCUT2D eigenvalue weighted by atomic mass is 19.1. The minimum absolute atomic E-state index is 0.263. The average molecular weight is 385 g/mol. The van der Waals surface area contributed by atoms with E-state index in [-0.39, 0.29) is 6.61 Å². The van der Waals surface area contributed by atoms with Gasteiger partial charge in [-0.2, -0.15) is 0 Å². The van der Waals surface area contributed by atoms with Gasteiger partial charge >= 0.3 is 6.09 Å². The lowest BCUT2D eigenvalue weighted by atomic mass is 10.1. The molecule has 0 aliphatic rings. The molecule has 0 spiro atoms. The summed E-state index contributed by atoms with van der Waals surface area (Å²) in [6, 6.07) is 13.2. The molecule has 0 aliphatic carbocycles. The first kappa shape index (κ1) is 19.5. The molecule has 1 heterocycles. The van der Waals surface area contributed by atoms with Crippen molar-refractivity contribution in [3.8, 4) is 17.0 Å². The van der Waals surface area contributed by atoms with Gasteiger partial charge in [-0.1, -0.05) is 12.1 Å². The normalized spacial score (nSPS) is 10.8. The number of nitrogens with two attached hydrogens (primary N) is 1. The van der Waals surface area contributed by atoms with Crippen LogP contribution in [0.15, 0.2) is 42.5 Å². The van der Waals surface area contributed by atoms with Gasteiger partial charge in [0.15, 0.2) is 0 Å². The third-order valence-corrected chi connectivity index (χ3v) is 4.42. The number of anilines is 2. The third kappa shape index (κ3) is 3.88. The van der Waals surface area contributed by atoms with Crippen LogP contribution in [0.2, 0.25) is 0 Å². The number of amides is 1. The number of nitrogens with one attached hydrogen (secondary N) is 1. The highest BCUT2D eigenvalue weighted by Crippen LogP contribution is 2.38. The number of alkyl halides is 1. The number of hydrogen-bond acceptors (Lipinski definition) is 4. The van der Waals surface area contributed by atoms with E-state index < -0.39 is 12.8 Å². The van der Waals surface area contributed by atoms with Gasteiger partial charge in [-0.05, 0) is 38.1 Å². The fourth-order valence-electron chi connectivity index (χ4n) is 3.25. The van der Waals surface area contributed by atoms with Gasteiger partial charge in [0.1, 0.15) is 19.0 Å². The third-order valence-electron chi connectivity index (χ3n) is 4.42. The Labute approximate surface area is 163 Å². The van der Waals surface area contributed by atoms with Gasteiger partial charge in [0, 0.05) is 29.2 Å². The molecule has 28 heavy (non-hydrogen) atoms. The van der Waals surface area contributed by atoms with Crippen LogP contribution in [0.1, 0.15) is 13.8 Å². The van der Waals surface area contributed by atoms with Gasteiger partial charge in [0.05, 0.1) is 23.5 Å². The van der Waals surface area contributed by atoms with E-state index >= 15 is 0 Å². The fourth-order valence-corrected chi connectivity index (χ4v) is 3.25. The van der Waals surface area contributed by atoms with Crippen LogP contribution in [-0.4, -0.2) is 30.5 Å². The lowest BCUT2D eigenvalue weighted by Crippen LogP contribution is -2.14. The number of nitrogens with zero attached hydrogens (tertiary/aromatic N) is 1. The van der Waals surface area contributed by atoms with Crippen molar-refractivity contribution in [2.24, 2.45) is 0 Å². The first-order valence-corrected chi connectivity index (χ1v) is 9.23. The van der Waals surface area contributed by atoms with E-state index in [0.717, 1.165) is 34.5 Å². The largest absolute Gasteiger partial charge is 0.494 e. The van der Waals surface area contributed by atoms with Gasteiger partial charge < -0.3 is 19.8 Å². The summed E-state index contributed by atoms with van der Waals surface area (Å²) < 4.78 is 24.5. The molecule has 2 aromatic carbocycles. The maximum Gasteiger partial charge on any atom is 0.411 e. The second kappa shape index (κ2) is 8.65. The predicted molar refractivity (Wildman–Crippen MR) is 110 cm³/mol. The molecule has 0 saturated heterocycles. The van der Waals surface area contributed by atoms with Crippen LogP contribution in [0.3, 0.4) is 0 Å². The molecule has 3 aromatic rings. The quantitative estimate of drug-likeness (QED) is 0.611. The van der Waals surface area contributed by atoms with Crippen molar-refractivity contribution in [2.75, 3.05) is 30.9 Å². The Hall–Kier alpha value is -3.22. The molecular weight excluding hydrogens is 361 g/mol. The molecule has 0 radical (unpaired) electrons. The average Bonchev–Trinajstić information content (AvgIpc) is 2.98. The smallest absolute Gasteiger partial charge is 0.411 e. The number of hydrogen-bond donors (Lipinski definition) is 2. The molecular formula is C21H24FN3O3. The number of aromatic nitrogens is 1. The van der Waals surface area contributed by atoms with Gasteiger partial charge in [-0.25, -0.2) is 9.18 Å². The van der Waals surface area contributed by atoms with Gasteiger partial charge in [-0.3, -0.25) is 5.32 Å². The van der Waals surface area contributed by atoms with E-state index in [9.17, 15) is 9.18 Å². The van der Waals surface area contributed by atoms with Crippen LogP contribution in [-0.2, 0) is 11.3 Å². The molecule has 0 saturated carbocycles. The molecule has 3 rings (SSSR count). The molecule has 1 aromatic heterocycles.